The summed E-state index contributed by atoms with van der Waals surface area (Å²) in [5.41, 5.74) is 1.28. The van der Waals surface area contributed by atoms with Gasteiger partial charge in [-0.1, -0.05) is 85.4 Å². The van der Waals surface area contributed by atoms with Crippen molar-refractivity contribution < 1.29 is 14.4 Å². The summed E-state index contributed by atoms with van der Waals surface area (Å²) in [4.78, 5) is 33.1. The Labute approximate surface area is 199 Å². The number of hydrogen-bond acceptors (Lipinski definition) is 5. The highest BCUT2D eigenvalue weighted by molar-refractivity contribution is 7.99. The lowest BCUT2D eigenvalue weighted by Gasteiger charge is -2.21. The Bertz CT molecular complexity index is 1090. The molecule has 0 bridgehead atoms. The van der Waals surface area contributed by atoms with E-state index in [2.05, 4.69) is 17.3 Å². The van der Waals surface area contributed by atoms with E-state index in [-0.39, 0.29) is 5.78 Å². The molecule has 1 saturated carbocycles. The van der Waals surface area contributed by atoms with Crippen LogP contribution in [0, 0.1) is 5.92 Å². The molecule has 3 aromatic carbocycles. The minimum absolute atomic E-state index is 0.183. The molecule has 0 spiro atoms. The minimum Gasteiger partial charge on any atom is -0.312 e. The summed E-state index contributed by atoms with van der Waals surface area (Å²) in [6.07, 6.45) is 6.25. The van der Waals surface area contributed by atoms with Crippen LogP contribution in [-0.2, 0) is 4.84 Å². The normalized spacial score (nSPS) is 14.6. The molecular weight excluding hydrogens is 430 g/mol. The van der Waals surface area contributed by atoms with E-state index in [0.717, 1.165) is 22.6 Å². The van der Waals surface area contributed by atoms with Gasteiger partial charge in [-0.05, 0) is 60.9 Å². The average Bonchev–Trinajstić information content (AvgIpc) is 2.88. The van der Waals surface area contributed by atoms with Crippen molar-refractivity contribution in [3.8, 4) is 0 Å². The summed E-state index contributed by atoms with van der Waals surface area (Å²) in [5, 5.41) is 4.07. The number of rotatable bonds is 8. The highest BCUT2D eigenvalue weighted by atomic mass is 32.2. The third-order valence-corrected chi connectivity index (χ3v) is 6.83. The molecule has 0 heterocycles. The molecule has 0 N–H and O–H groups in total. The second-order valence-electron chi connectivity index (χ2n) is 8.26. The van der Waals surface area contributed by atoms with Gasteiger partial charge in [0.15, 0.2) is 0 Å². The van der Waals surface area contributed by atoms with Gasteiger partial charge >= 0.3 is 5.97 Å². The Morgan fingerprint density at radius 3 is 2.03 bits per heavy atom. The maximum absolute atomic E-state index is 13.3. The molecule has 4 rings (SSSR count). The van der Waals surface area contributed by atoms with E-state index in [1.54, 1.807) is 36.0 Å². The first-order valence-electron chi connectivity index (χ1n) is 11.4. The van der Waals surface area contributed by atoms with Crippen LogP contribution in [0.25, 0.3) is 0 Å². The lowest BCUT2D eigenvalue weighted by atomic mass is 9.84. The number of carbonyl (C=O) groups is 2. The number of carbonyl (C=O) groups excluding carboxylic acids is 2. The second-order valence-corrected chi connectivity index (χ2v) is 9.41. The molecule has 0 aliphatic heterocycles. The molecule has 1 fully saturated rings. The first kappa shape index (κ1) is 23.0. The standard InChI is InChI=1S/C28H27NO3S/c30-27(22-16-18-25(19-17-22)33-24-14-8-3-9-15-24)26(20-21-10-4-1-5-11-21)29-32-28(31)23-12-6-2-7-13-23/h2-3,6-9,12-19,21H,1,4-5,10-11,20H2. The molecule has 0 aromatic heterocycles. The molecule has 0 atom stereocenters. The van der Waals surface area contributed by atoms with Crippen LogP contribution in [0.4, 0.5) is 0 Å². The smallest absolute Gasteiger partial charge is 0.312 e. The Kier molecular flexibility index (Phi) is 8.09. The molecule has 1 aliphatic carbocycles. The van der Waals surface area contributed by atoms with Crippen LogP contribution in [0.3, 0.4) is 0 Å². The van der Waals surface area contributed by atoms with Crippen LogP contribution in [0.2, 0.25) is 0 Å². The molecule has 0 radical (unpaired) electrons. The third-order valence-electron chi connectivity index (χ3n) is 5.81. The van der Waals surface area contributed by atoms with Gasteiger partial charge in [0.2, 0.25) is 5.78 Å². The highest BCUT2D eigenvalue weighted by Crippen LogP contribution is 2.29. The Balaban J connectivity index is 1.49. The van der Waals surface area contributed by atoms with Crippen LogP contribution in [-0.4, -0.2) is 17.5 Å². The van der Waals surface area contributed by atoms with Crippen molar-refractivity contribution in [2.75, 3.05) is 0 Å². The SMILES string of the molecule is O=C(ON=C(CC1CCCCC1)C(=O)c1ccc(Sc2ccccc2)cc1)c1ccccc1. The van der Waals surface area contributed by atoms with Crippen LogP contribution >= 0.6 is 11.8 Å². The summed E-state index contributed by atoms with van der Waals surface area (Å²) in [5.74, 6) is -0.346. The topological polar surface area (TPSA) is 55.7 Å². The Hall–Kier alpha value is -3.18. The summed E-state index contributed by atoms with van der Waals surface area (Å²) in [7, 11) is 0. The largest absolute Gasteiger partial charge is 0.365 e. The number of nitrogens with zero attached hydrogens (tertiary/aromatic N) is 1. The second kappa shape index (κ2) is 11.6. The third kappa shape index (κ3) is 6.65. The molecule has 0 unspecified atom stereocenters. The molecule has 33 heavy (non-hydrogen) atoms. The van der Waals surface area contributed by atoms with Gasteiger partial charge in [-0.3, -0.25) is 4.79 Å². The number of hydrogen-bond donors (Lipinski definition) is 0. The van der Waals surface area contributed by atoms with Gasteiger partial charge in [0.25, 0.3) is 0 Å². The van der Waals surface area contributed by atoms with Gasteiger partial charge in [-0.2, -0.15) is 0 Å². The molecule has 5 heteroatoms. The molecule has 0 amide bonds. The van der Waals surface area contributed by atoms with E-state index < -0.39 is 5.97 Å². The van der Waals surface area contributed by atoms with Crippen molar-refractivity contribution in [2.24, 2.45) is 11.1 Å². The van der Waals surface area contributed by atoms with Crippen LogP contribution in [0.15, 0.2) is 99.9 Å². The molecule has 1 aliphatic rings. The van der Waals surface area contributed by atoms with E-state index in [1.807, 2.05) is 48.5 Å². The summed E-state index contributed by atoms with van der Waals surface area (Å²) < 4.78 is 0. The zero-order chi connectivity index (χ0) is 22.9. The van der Waals surface area contributed by atoms with E-state index in [0.29, 0.717) is 29.2 Å². The molecule has 3 aromatic rings. The van der Waals surface area contributed by atoms with E-state index >= 15 is 0 Å². The predicted molar refractivity (Wildman–Crippen MR) is 132 cm³/mol. The van der Waals surface area contributed by atoms with Gasteiger partial charge in [0, 0.05) is 15.4 Å². The molecule has 4 nitrogen and oxygen atoms in total. The molecular formula is C28H27NO3S. The van der Waals surface area contributed by atoms with E-state index in [1.165, 1.54) is 19.3 Å². The van der Waals surface area contributed by atoms with Crippen LogP contribution in [0.5, 0.6) is 0 Å². The lowest BCUT2D eigenvalue weighted by Crippen LogP contribution is -2.21. The van der Waals surface area contributed by atoms with E-state index in [4.69, 9.17) is 4.84 Å². The van der Waals surface area contributed by atoms with Crippen LogP contribution in [0.1, 0.15) is 59.2 Å². The Morgan fingerprint density at radius 2 is 1.36 bits per heavy atom. The van der Waals surface area contributed by atoms with Crippen LogP contribution < -0.4 is 0 Å². The lowest BCUT2D eigenvalue weighted by molar-refractivity contribution is 0.0514. The van der Waals surface area contributed by atoms with Gasteiger partial charge in [-0.15, -0.1) is 0 Å². The number of Topliss-reactive ketones (excluding diaryl/α,β-unsaturated/α-hetero) is 1. The van der Waals surface area contributed by atoms with Gasteiger partial charge in [0.1, 0.15) is 5.71 Å². The fraction of sp³-hybridized carbons (Fsp3) is 0.250. The minimum atomic E-state index is -0.556. The van der Waals surface area contributed by atoms with Gasteiger partial charge in [-0.25, -0.2) is 4.79 Å². The average molecular weight is 458 g/mol. The quantitative estimate of drug-likeness (QED) is 0.155. The maximum Gasteiger partial charge on any atom is 0.365 e. The number of benzene rings is 3. The van der Waals surface area contributed by atoms with Gasteiger partial charge < -0.3 is 4.84 Å². The van der Waals surface area contributed by atoms with Crippen molar-refractivity contribution in [1.82, 2.24) is 0 Å². The summed E-state index contributed by atoms with van der Waals surface area (Å²) >= 11 is 1.65. The van der Waals surface area contributed by atoms with Crippen molar-refractivity contribution in [3.05, 3.63) is 96.1 Å². The van der Waals surface area contributed by atoms with Crippen molar-refractivity contribution in [1.29, 1.82) is 0 Å². The monoisotopic (exact) mass is 457 g/mol. The predicted octanol–water partition coefficient (Wildman–Crippen LogP) is 7.20. The zero-order valence-corrected chi connectivity index (χ0v) is 19.3. The first-order chi connectivity index (χ1) is 16.2. The van der Waals surface area contributed by atoms with Crippen molar-refractivity contribution in [2.45, 2.75) is 48.3 Å². The molecule has 168 valence electrons. The zero-order valence-electron chi connectivity index (χ0n) is 18.5. The van der Waals surface area contributed by atoms with E-state index in [9.17, 15) is 9.59 Å². The van der Waals surface area contributed by atoms with Gasteiger partial charge in [0.05, 0.1) is 5.56 Å². The number of oxime groups is 1. The van der Waals surface area contributed by atoms with Crippen molar-refractivity contribution >= 4 is 29.2 Å². The maximum atomic E-state index is 13.3. The van der Waals surface area contributed by atoms with Crippen molar-refractivity contribution in [3.63, 3.8) is 0 Å². The first-order valence-corrected chi connectivity index (χ1v) is 12.2. The summed E-state index contributed by atoms with van der Waals surface area (Å²) in [6, 6.07) is 26.3. The highest BCUT2D eigenvalue weighted by Gasteiger charge is 2.23. The molecule has 0 saturated heterocycles. The fourth-order valence-electron chi connectivity index (χ4n) is 4.03. The number of ketones is 1. The fourth-order valence-corrected chi connectivity index (χ4v) is 4.86. The summed E-state index contributed by atoms with van der Waals surface area (Å²) in [6.45, 7) is 0. The Morgan fingerprint density at radius 1 is 0.758 bits per heavy atom.